The van der Waals surface area contributed by atoms with Gasteiger partial charge in [0, 0.05) is 38.0 Å². The Morgan fingerprint density at radius 3 is 1.76 bits per heavy atom. The van der Waals surface area contributed by atoms with Gasteiger partial charge in [0.2, 0.25) is 5.91 Å². The number of carbonyl (C=O) groups is 2. The predicted molar refractivity (Wildman–Crippen MR) is 249 cm³/mol. The van der Waals surface area contributed by atoms with E-state index in [0.29, 0.717) is 22.8 Å². The average Bonchev–Trinajstić information content (AvgIpc) is 3.98. The van der Waals surface area contributed by atoms with Crippen molar-refractivity contribution < 1.29 is 55.0 Å². The van der Waals surface area contributed by atoms with Gasteiger partial charge in [0.1, 0.15) is 25.2 Å². The van der Waals surface area contributed by atoms with E-state index in [9.17, 15) is 35.9 Å². The summed E-state index contributed by atoms with van der Waals surface area (Å²) in [6, 6.07) is 43.2. The van der Waals surface area contributed by atoms with E-state index >= 15 is 0 Å². The van der Waals surface area contributed by atoms with E-state index in [-0.39, 0.29) is 47.0 Å². The zero-order chi connectivity index (χ0) is 46.7. The van der Waals surface area contributed by atoms with Crippen molar-refractivity contribution in [3.63, 3.8) is 0 Å². The molecule has 2 heterocycles. The van der Waals surface area contributed by atoms with Gasteiger partial charge in [-0.25, -0.2) is 9.69 Å². The lowest BCUT2D eigenvalue weighted by atomic mass is 9.91. The second-order valence-corrected chi connectivity index (χ2v) is 17.2. The number of alkyl halides is 6. The molecule has 1 aromatic heterocycles. The van der Waals surface area contributed by atoms with E-state index in [1.54, 1.807) is 30.3 Å². The molecule has 2 amide bonds. The molecule has 8 rings (SSSR count). The summed E-state index contributed by atoms with van der Waals surface area (Å²) in [6.45, 7) is 0.351. The minimum Gasteiger partial charge on any atom is -0.489 e. The summed E-state index contributed by atoms with van der Waals surface area (Å²) in [7, 11) is 0. The summed E-state index contributed by atoms with van der Waals surface area (Å²) in [5.74, 6) is -0.235. The summed E-state index contributed by atoms with van der Waals surface area (Å²) < 4.78 is 92.3. The number of rotatable bonds is 14. The van der Waals surface area contributed by atoms with Crippen LogP contribution in [0.5, 0.6) is 5.75 Å². The smallest absolute Gasteiger partial charge is 0.416 e. The maximum absolute atomic E-state index is 13.6. The number of carbonyl (C=O) groups excluding carboxylic acids is 2. The van der Waals surface area contributed by atoms with Crippen molar-refractivity contribution in [1.29, 1.82) is 0 Å². The highest BCUT2D eigenvalue weighted by Gasteiger charge is 2.39. The first kappa shape index (κ1) is 52.5. The quantitative estimate of drug-likeness (QED) is 0.107. The first-order valence-corrected chi connectivity index (χ1v) is 22.0. The molecule has 7 aromatic rings. The maximum Gasteiger partial charge on any atom is 0.416 e. The van der Waals surface area contributed by atoms with Gasteiger partial charge in [-0.15, -0.1) is 0 Å². The molecule has 1 saturated heterocycles. The number of halogens is 6. The fourth-order valence-electron chi connectivity index (χ4n) is 6.94. The Morgan fingerprint density at radius 2 is 1.24 bits per heavy atom. The van der Waals surface area contributed by atoms with E-state index < -0.39 is 41.5 Å². The largest absolute Gasteiger partial charge is 0.489 e. The Bertz CT molecular complexity index is 2670. The van der Waals surface area contributed by atoms with Crippen molar-refractivity contribution >= 4 is 35.5 Å². The van der Waals surface area contributed by atoms with Crippen LogP contribution in [0, 0.1) is 0 Å². The number of nitrogens with zero attached hydrogens (tertiary/aromatic N) is 2. The Hall–Kier alpha value is -6.49. The number of benzene rings is 6. The summed E-state index contributed by atoms with van der Waals surface area (Å²) in [5.41, 5.74) is 2.68. The molecule has 1 fully saturated rings. The summed E-state index contributed by atoms with van der Waals surface area (Å²) >= 11 is 2.72. The molecular formula is C52H48F6N2O6S2. The summed E-state index contributed by atoms with van der Waals surface area (Å²) in [6.07, 6.45) is -7.41. The molecule has 68 heavy (non-hydrogen) atoms. The van der Waals surface area contributed by atoms with Crippen LogP contribution in [-0.4, -0.2) is 39.8 Å². The van der Waals surface area contributed by atoms with E-state index in [0.717, 1.165) is 61.2 Å². The first-order chi connectivity index (χ1) is 31.7. The molecule has 6 aromatic carbocycles. The van der Waals surface area contributed by atoms with Crippen molar-refractivity contribution in [2.45, 2.75) is 84.8 Å². The minimum atomic E-state index is -4.37. The molecule has 0 unspecified atom stereocenters. The fourth-order valence-corrected chi connectivity index (χ4v) is 8.74. The summed E-state index contributed by atoms with van der Waals surface area (Å²) in [4.78, 5) is 30.5. The first-order valence-electron chi connectivity index (χ1n) is 20.4. The van der Waals surface area contributed by atoms with Crippen molar-refractivity contribution in [3.8, 4) is 5.75 Å². The van der Waals surface area contributed by atoms with Crippen molar-refractivity contribution in [2.75, 3.05) is 6.61 Å². The van der Waals surface area contributed by atoms with Crippen molar-refractivity contribution in [2.24, 2.45) is 0 Å². The Kier molecular flexibility index (Phi) is 18.5. The van der Waals surface area contributed by atoms with Gasteiger partial charge in [-0.3, -0.25) is 4.79 Å². The maximum atomic E-state index is 13.6. The molecule has 0 spiro atoms. The fraction of sp³-hybridized carbons (Fsp3) is 0.212. The van der Waals surface area contributed by atoms with Crippen LogP contribution < -0.4 is 4.74 Å². The van der Waals surface area contributed by atoms with Gasteiger partial charge in [0.15, 0.2) is 0 Å². The average molecular weight is 975 g/mol. The van der Waals surface area contributed by atoms with E-state index in [1.807, 2.05) is 78.9 Å². The van der Waals surface area contributed by atoms with Crippen LogP contribution in [0.3, 0.4) is 0 Å². The molecule has 0 aliphatic carbocycles. The third-order valence-corrected chi connectivity index (χ3v) is 12.2. The molecular weight excluding hydrogens is 927 g/mol. The highest BCUT2D eigenvalue weighted by Crippen LogP contribution is 2.36. The second kappa shape index (κ2) is 24.0. The number of aliphatic hydroxyl groups is 1. The van der Waals surface area contributed by atoms with Crippen LogP contribution >= 0.6 is 23.5 Å². The topological polar surface area (TPSA) is 102 Å². The Morgan fingerprint density at radius 1 is 0.691 bits per heavy atom. The molecule has 8 nitrogen and oxygen atoms in total. The van der Waals surface area contributed by atoms with Gasteiger partial charge < -0.3 is 19.1 Å². The van der Waals surface area contributed by atoms with Crippen LogP contribution in [-0.2, 0) is 41.5 Å². The Labute approximate surface area is 399 Å². The highest BCUT2D eigenvalue weighted by molar-refractivity contribution is 7.99. The number of hydrogen-bond acceptors (Lipinski definition) is 9. The number of amides is 2. The number of cyclic esters (lactones) is 1. The molecule has 0 saturated carbocycles. The zero-order valence-electron chi connectivity index (χ0n) is 34.7. The van der Waals surface area contributed by atoms with Gasteiger partial charge in [-0.1, -0.05) is 110 Å². The molecule has 16 heteroatoms. The lowest BCUT2D eigenvalue weighted by Crippen LogP contribution is -2.40. The number of hydrogen-bond donors (Lipinski definition) is 1. The van der Waals surface area contributed by atoms with Crippen LogP contribution in [0.15, 0.2) is 188 Å². The van der Waals surface area contributed by atoms with Gasteiger partial charge in [0.25, 0.3) is 0 Å². The van der Waals surface area contributed by atoms with Crippen molar-refractivity contribution in [1.82, 2.24) is 10.1 Å². The number of imide groups is 1. The van der Waals surface area contributed by atoms with Gasteiger partial charge in [0.05, 0.1) is 29.5 Å². The van der Waals surface area contributed by atoms with Crippen LogP contribution in [0.25, 0.3) is 0 Å². The normalized spacial score (nSPS) is 13.8. The van der Waals surface area contributed by atoms with E-state index in [1.165, 1.54) is 59.0 Å². The van der Waals surface area contributed by atoms with E-state index in [2.05, 4.69) is 5.16 Å². The molecule has 1 aliphatic rings. The molecule has 1 N–H and O–H groups in total. The predicted octanol–water partition coefficient (Wildman–Crippen LogP) is 14.2. The SMILES string of the molecule is C.C.O=C(C[C@@H](c1ccc(OCc2cccc(Sc3ccc(C(F)(F)F)cc3)c2)cc1)c1ccon1)N1C(=O)OC[C@@H]1Cc1ccccc1.OCc1cccc(Sc2ccc(C(F)(F)F)cc2)c1. The number of aliphatic hydroxyl groups excluding tert-OH is 1. The number of aromatic nitrogens is 1. The third kappa shape index (κ3) is 14.5. The third-order valence-electron chi connectivity index (χ3n) is 10.2. The van der Waals surface area contributed by atoms with Gasteiger partial charge in [-0.05, 0) is 114 Å². The molecule has 1 aliphatic heterocycles. The van der Waals surface area contributed by atoms with Crippen LogP contribution in [0.1, 0.15) is 66.3 Å². The zero-order valence-corrected chi connectivity index (χ0v) is 36.4. The lowest BCUT2D eigenvalue weighted by Gasteiger charge is -2.22. The number of ether oxygens (including phenoxy) is 2. The van der Waals surface area contributed by atoms with Crippen molar-refractivity contribution in [3.05, 3.63) is 203 Å². The molecule has 356 valence electrons. The monoisotopic (exact) mass is 974 g/mol. The summed E-state index contributed by atoms with van der Waals surface area (Å²) in [5, 5.41) is 13.1. The van der Waals surface area contributed by atoms with Gasteiger partial charge in [-0.2, -0.15) is 26.3 Å². The molecule has 0 radical (unpaired) electrons. The van der Waals surface area contributed by atoms with Crippen LogP contribution in [0.4, 0.5) is 31.1 Å². The van der Waals surface area contributed by atoms with Crippen LogP contribution in [0.2, 0.25) is 0 Å². The molecule has 0 bridgehead atoms. The second-order valence-electron chi connectivity index (χ2n) is 14.9. The lowest BCUT2D eigenvalue weighted by molar-refractivity contribution is -0.138. The van der Waals surface area contributed by atoms with E-state index in [4.69, 9.17) is 19.1 Å². The Balaban J connectivity index is 0.000000346. The minimum absolute atomic E-state index is 0. The van der Waals surface area contributed by atoms with Gasteiger partial charge >= 0.3 is 18.4 Å². The highest BCUT2D eigenvalue weighted by atomic mass is 32.2. The standard InChI is InChI=1S/C36H29F3N2O5S.C14H11F3OS.2CH4/c37-36(38,39)27-11-15-30(16-12-27)47-31-8-4-7-25(20-31)22-44-29-13-9-26(10-14-29)32(33-17-18-46-40-33)21-34(42)41-28(23-45-35(41)43)19-24-5-2-1-3-6-24;15-14(16,17)11-4-6-12(7-5-11)19-13-3-1-2-10(8-13)9-18;;/h1-18,20,28,32H,19,21-23H2;1-8,18H,9H2;2*1H4/t28-,32-;;;/m0.../s1. The molecule has 2 atom stereocenters.